The quantitative estimate of drug-likeness (QED) is 0.677. The molecule has 0 radical (unpaired) electrons. The second kappa shape index (κ2) is 6.66. The Balaban J connectivity index is 2.47. The lowest BCUT2D eigenvalue weighted by atomic mass is 9.78. The number of Topliss-reactive ketones (excluding diaryl/α,β-unsaturated/α-hetero) is 1. The maximum Gasteiger partial charge on any atom is 0.302 e. The van der Waals surface area contributed by atoms with Crippen molar-refractivity contribution in [1.82, 2.24) is 0 Å². The minimum Gasteiger partial charge on any atom is -0.466 e. The van der Waals surface area contributed by atoms with E-state index in [1.54, 1.807) is 6.92 Å². The van der Waals surface area contributed by atoms with Gasteiger partial charge in [0, 0.05) is 19.3 Å². The van der Waals surface area contributed by atoms with E-state index in [-0.39, 0.29) is 17.7 Å². The molecule has 0 bridgehead atoms. The first-order chi connectivity index (χ1) is 7.59. The van der Waals surface area contributed by atoms with E-state index in [0.717, 1.165) is 0 Å². The molecule has 0 aromatic rings. The van der Waals surface area contributed by atoms with Crippen molar-refractivity contribution < 1.29 is 14.3 Å². The van der Waals surface area contributed by atoms with Gasteiger partial charge in [-0.25, -0.2) is 0 Å². The second-order valence-electron chi connectivity index (χ2n) is 4.87. The Labute approximate surface area is 97.5 Å². The molecule has 16 heavy (non-hydrogen) atoms. The summed E-state index contributed by atoms with van der Waals surface area (Å²) in [5.74, 6) is 0.755. The third-order valence-electron chi connectivity index (χ3n) is 3.37. The summed E-state index contributed by atoms with van der Waals surface area (Å²) in [6, 6.07) is 0. The third-order valence-corrected chi connectivity index (χ3v) is 3.37. The third kappa shape index (κ3) is 4.77. The van der Waals surface area contributed by atoms with Crippen molar-refractivity contribution in [2.75, 3.05) is 6.61 Å². The van der Waals surface area contributed by atoms with Crippen LogP contribution in [0.25, 0.3) is 0 Å². The number of ether oxygens (including phenoxy) is 1. The van der Waals surface area contributed by atoms with E-state index in [9.17, 15) is 9.59 Å². The van der Waals surface area contributed by atoms with Gasteiger partial charge in [0.15, 0.2) is 0 Å². The molecule has 0 saturated heterocycles. The monoisotopic (exact) mass is 226 g/mol. The molecule has 1 saturated carbocycles. The van der Waals surface area contributed by atoms with Crippen molar-refractivity contribution in [1.29, 1.82) is 0 Å². The molecule has 0 aliphatic heterocycles. The Morgan fingerprint density at radius 2 is 1.81 bits per heavy atom. The van der Waals surface area contributed by atoms with Gasteiger partial charge in [0.05, 0.1) is 6.61 Å². The fraction of sp³-hybridized carbons (Fsp3) is 0.846. The van der Waals surface area contributed by atoms with Crippen LogP contribution in [0.5, 0.6) is 0 Å². The molecule has 0 aromatic carbocycles. The first-order valence-electron chi connectivity index (χ1n) is 6.22. The molecule has 0 spiro atoms. The Kier molecular flexibility index (Phi) is 5.50. The van der Waals surface area contributed by atoms with Crippen LogP contribution in [0.3, 0.4) is 0 Å². The first kappa shape index (κ1) is 13.2. The molecule has 1 fully saturated rings. The summed E-state index contributed by atoms with van der Waals surface area (Å²) >= 11 is 0. The van der Waals surface area contributed by atoms with Gasteiger partial charge in [-0.1, -0.05) is 32.1 Å². The van der Waals surface area contributed by atoms with Crippen LogP contribution >= 0.6 is 0 Å². The Bertz CT molecular complexity index is 242. The number of hydrogen-bond acceptors (Lipinski definition) is 3. The number of hydrogen-bond donors (Lipinski definition) is 0. The minimum atomic E-state index is -0.246. The van der Waals surface area contributed by atoms with E-state index in [2.05, 4.69) is 0 Å². The van der Waals surface area contributed by atoms with Gasteiger partial charge < -0.3 is 9.53 Å². The zero-order valence-electron chi connectivity index (χ0n) is 10.3. The highest BCUT2D eigenvalue weighted by atomic mass is 16.5. The van der Waals surface area contributed by atoms with Crippen molar-refractivity contribution in [3.63, 3.8) is 0 Å². The second-order valence-corrected chi connectivity index (χ2v) is 4.87. The van der Waals surface area contributed by atoms with Gasteiger partial charge in [0.2, 0.25) is 0 Å². The summed E-state index contributed by atoms with van der Waals surface area (Å²) in [5.41, 5.74) is 0. The van der Waals surface area contributed by atoms with Gasteiger partial charge in [0.25, 0.3) is 0 Å². The van der Waals surface area contributed by atoms with Crippen molar-refractivity contribution in [2.45, 2.75) is 52.4 Å². The van der Waals surface area contributed by atoms with Crippen LogP contribution in [-0.4, -0.2) is 18.4 Å². The predicted molar refractivity (Wildman–Crippen MR) is 62.0 cm³/mol. The van der Waals surface area contributed by atoms with E-state index >= 15 is 0 Å². The first-order valence-corrected chi connectivity index (χ1v) is 6.22. The summed E-state index contributed by atoms with van der Waals surface area (Å²) in [7, 11) is 0. The Morgan fingerprint density at radius 1 is 1.19 bits per heavy atom. The number of rotatable bonds is 5. The molecular weight excluding hydrogens is 204 g/mol. The molecule has 3 nitrogen and oxygen atoms in total. The summed E-state index contributed by atoms with van der Waals surface area (Å²) < 4.78 is 5.07. The fourth-order valence-corrected chi connectivity index (χ4v) is 2.56. The molecule has 0 heterocycles. The minimum absolute atomic E-state index is 0.197. The lowest BCUT2D eigenvalue weighted by Gasteiger charge is -2.29. The highest BCUT2D eigenvalue weighted by Crippen LogP contribution is 2.32. The summed E-state index contributed by atoms with van der Waals surface area (Å²) in [6.45, 7) is 3.45. The van der Waals surface area contributed by atoms with Gasteiger partial charge in [-0.15, -0.1) is 0 Å². The van der Waals surface area contributed by atoms with Crippen molar-refractivity contribution in [2.24, 2.45) is 11.8 Å². The van der Waals surface area contributed by atoms with Crippen LogP contribution in [0.1, 0.15) is 52.4 Å². The predicted octanol–water partition coefficient (Wildman–Crippen LogP) is 2.73. The van der Waals surface area contributed by atoms with Crippen LogP contribution in [0.2, 0.25) is 0 Å². The Hall–Kier alpha value is -0.860. The lowest BCUT2D eigenvalue weighted by molar-refractivity contribution is -0.143. The summed E-state index contributed by atoms with van der Waals surface area (Å²) in [4.78, 5) is 22.0. The number of carbonyl (C=O) groups excluding carboxylic acids is 2. The molecule has 0 aromatic heterocycles. The van der Waals surface area contributed by atoms with E-state index in [1.165, 1.54) is 39.0 Å². The zero-order valence-corrected chi connectivity index (χ0v) is 10.3. The van der Waals surface area contributed by atoms with Crippen molar-refractivity contribution >= 4 is 11.8 Å². The Morgan fingerprint density at radius 3 is 2.31 bits per heavy atom. The van der Waals surface area contributed by atoms with Gasteiger partial charge >= 0.3 is 5.97 Å². The number of carbonyl (C=O) groups is 2. The van der Waals surface area contributed by atoms with E-state index in [1.807, 2.05) is 0 Å². The average molecular weight is 226 g/mol. The normalized spacial score (nSPS) is 19.1. The highest BCUT2D eigenvalue weighted by Gasteiger charge is 2.25. The average Bonchev–Trinajstić information content (AvgIpc) is 2.25. The molecule has 1 atom stereocenters. The molecule has 3 heteroatoms. The largest absolute Gasteiger partial charge is 0.466 e. The zero-order chi connectivity index (χ0) is 12.0. The highest BCUT2D eigenvalue weighted by molar-refractivity contribution is 5.75. The van der Waals surface area contributed by atoms with E-state index in [0.29, 0.717) is 18.9 Å². The van der Waals surface area contributed by atoms with Gasteiger partial charge in [0.1, 0.15) is 5.78 Å². The molecule has 1 aliphatic rings. The molecular formula is C13H22O3. The van der Waals surface area contributed by atoms with Crippen LogP contribution in [0.4, 0.5) is 0 Å². The maximum atomic E-state index is 11.2. The number of ketones is 1. The fourth-order valence-electron chi connectivity index (χ4n) is 2.56. The molecule has 0 N–H and O–H groups in total. The molecule has 1 rings (SSSR count). The van der Waals surface area contributed by atoms with Crippen LogP contribution in [0, 0.1) is 11.8 Å². The smallest absolute Gasteiger partial charge is 0.302 e. The van der Waals surface area contributed by atoms with Gasteiger partial charge in [-0.2, -0.15) is 0 Å². The van der Waals surface area contributed by atoms with E-state index < -0.39 is 0 Å². The topological polar surface area (TPSA) is 43.4 Å². The van der Waals surface area contributed by atoms with Gasteiger partial charge in [-0.3, -0.25) is 4.79 Å². The van der Waals surface area contributed by atoms with Crippen molar-refractivity contribution in [3.8, 4) is 0 Å². The summed E-state index contributed by atoms with van der Waals surface area (Å²) in [6.07, 6.45) is 6.71. The standard InChI is InChI=1S/C13H22O3/c1-10(14)8-13(9-16-11(2)15)12-6-4-3-5-7-12/h12-13H,3-9H2,1-2H3. The van der Waals surface area contributed by atoms with E-state index in [4.69, 9.17) is 4.74 Å². The van der Waals surface area contributed by atoms with Crippen LogP contribution < -0.4 is 0 Å². The molecule has 0 amide bonds. The van der Waals surface area contributed by atoms with Crippen LogP contribution in [0.15, 0.2) is 0 Å². The number of esters is 1. The van der Waals surface area contributed by atoms with Crippen molar-refractivity contribution in [3.05, 3.63) is 0 Å². The molecule has 1 unspecified atom stereocenters. The maximum absolute atomic E-state index is 11.2. The molecule has 92 valence electrons. The summed E-state index contributed by atoms with van der Waals surface area (Å²) in [5, 5.41) is 0. The SMILES string of the molecule is CC(=O)CC(COC(C)=O)C1CCCCC1. The van der Waals surface area contributed by atoms with Crippen LogP contribution in [-0.2, 0) is 14.3 Å². The lowest BCUT2D eigenvalue weighted by Crippen LogP contribution is -2.25. The molecule has 1 aliphatic carbocycles. The van der Waals surface area contributed by atoms with Gasteiger partial charge in [-0.05, 0) is 12.8 Å².